The van der Waals surface area contributed by atoms with E-state index in [1.165, 1.54) is 0 Å². The molecular formula is C24H40N4O3. The summed E-state index contributed by atoms with van der Waals surface area (Å²) >= 11 is 0. The molecule has 0 aromatic carbocycles. The van der Waals surface area contributed by atoms with E-state index in [4.69, 9.17) is 0 Å². The summed E-state index contributed by atoms with van der Waals surface area (Å²) in [5, 5.41) is 42.1. The largest absolute Gasteiger partial charge is 0.393 e. The lowest BCUT2D eigenvalue weighted by atomic mass is 9.43. The van der Waals surface area contributed by atoms with E-state index in [1.54, 1.807) is 0 Å². The minimum Gasteiger partial charge on any atom is -0.393 e. The molecule has 31 heavy (non-hydrogen) atoms. The van der Waals surface area contributed by atoms with Crippen LogP contribution in [-0.4, -0.2) is 57.4 Å². The molecule has 1 heterocycles. The van der Waals surface area contributed by atoms with Gasteiger partial charge in [-0.05, 0) is 87.9 Å². The number of aliphatic imine (C=N–C) groups is 1. The molecule has 0 spiro atoms. The number of aliphatic hydroxyl groups excluding tert-OH is 1. The number of hydrogen-bond donors (Lipinski definition) is 5. The van der Waals surface area contributed by atoms with Gasteiger partial charge in [-0.3, -0.25) is 0 Å². The quantitative estimate of drug-likeness (QED) is 0.339. The van der Waals surface area contributed by atoms with Crippen molar-refractivity contribution >= 4 is 11.7 Å². The van der Waals surface area contributed by atoms with E-state index in [0.717, 1.165) is 58.0 Å². The topological polar surface area (TPSA) is 109 Å². The zero-order chi connectivity index (χ0) is 22.1. The van der Waals surface area contributed by atoms with Gasteiger partial charge in [-0.2, -0.15) is 5.10 Å². The molecule has 0 radical (unpaired) electrons. The number of aliphatic hydroxyl groups is 3. The third-order valence-corrected chi connectivity index (χ3v) is 10.6. The molecule has 7 nitrogen and oxygen atoms in total. The number of guanidine groups is 1. The highest BCUT2D eigenvalue weighted by atomic mass is 16.3. The molecule has 0 aromatic rings. The van der Waals surface area contributed by atoms with Gasteiger partial charge in [0.2, 0.25) is 5.96 Å². The number of hydrazone groups is 1. The fourth-order valence-corrected chi connectivity index (χ4v) is 8.50. The first kappa shape index (κ1) is 21.7. The standard InChI is InChI=1S/C24H40N4O3/c1-15(27-28-20-25-12-13-26-20)23(30)10-11-24(31)19-5-4-16-14-17(29)6-8-21(16,2)18(19)7-9-22(23,24)3/h16-19,29-31H,4-14H2,1-3H3,(H2,25,26,28)/b27-15+/t16-,17+,18+,19-,21+,22-,23+,24+/m1/s1. The maximum Gasteiger partial charge on any atom is 0.212 e. The van der Waals surface area contributed by atoms with Crippen LogP contribution in [0.3, 0.4) is 0 Å². The number of nitrogens with one attached hydrogen (secondary N) is 2. The molecule has 174 valence electrons. The second kappa shape index (κ2) is 7.16. The van der Waals surface area contributed by atoms with E-state index in [1.807, 2.05) is 6.92 Å². The lowest BCUT2D eigenvalue weighted by molar-refractivity contribution is -0.224. The fourth-order valence-electron chi connectivity index (χ4n) is 8.50. The summed E-state index contributed by atoms with van der Waals surface area (Å²) in [5.74, 6) is 1.87. The summed E-state index contributed by atoms with van der Waals surface area (Å²) in [4.78, 5) is 4.31. The van der Waals surface area contributed by atoms with Crippen LogP contribution in [-0.2, 0) is 0 Å². The zero-order valence-electron chi connectivity index (χ0n) is 19.3. The molecule has 4 fully saturated rings. The van der Waals surface area contributed by atoms with Crippen LogP contribution >= 0.6 is 0 Å². The van der Waals surface area contributed by atoms with E-state index in [9.17, 15) is 15.3 Å². The van der Waals surface area contributed by atoms with Gasteiger partial charge in [0.15, 0.2) is 0 Å². The number of fused-ring (bicyclic) bond motifs is 5. The Morgan fingerprint density at radius 1 is 1.06 bits per heavy atom. The monoisotopic (exact) mass is 432 g/mol. The minimum absolute atomic E-state index is 0.159. The maximum absolute atomic E-state index is 12.3. The van der Waals surface area contributed by atoms with Gasteiger partial charge in [0.25, 0.3) is 0 Å². The Balaban J connectivity index is 1.43. The first-order valence-electron chi connectivity index (χ1n) is 12.4. The van der Waals surface area contributed by atoms with E-state index >= 15 is 0 Å². The third-order valence-electron chi connectivity index (χ3n) is 10.6. The Morgan fingerprint density at radius 3 is 2.61 bits per heavy atom. The van der Waals surface area contributed by atoms with Crippen LogP contribution in [0.2, 0.25) is 0 Å². The first-order chi connectivity index (χ1) is 14.6. The second-order valence-corrected chi connectivity index (χ2v) is 11.5. The van der Waals surface area contributed by atoms with E-state index in [2.05, 4.69) is 34.7 Å². The normalized spacial score (nSPS) is 51.9. The average molecular weight is 433 g/mol. The van der Waals surface area contributed by atoms with Crippen LogP contribution in [0.4, 0.5) is 0 Å². The number of hydrogen-bond acceptors (Lipinski definition) is 7. The molecule has 4 aliphatic carbocycles. The summed E-state index contributed by atoms with van der Waals surface area (Å²) in [6, 6.07) is 0. The van der Waals surface area contributed by atoms with Crippen LogP contribution in [0.1, 0.15) is 78.6 Å². The molecule has 5 rings (SSSR count). The summed E-state index contributed by atoms with van der Waals surface area (Å²) in [5.41, 5.74) is 1.19. The van der Waals surface area contributed by atoms with Gasteiger partial charge in [-0.15, -0.1) is 0 Å². The van der Waals surface area contributed by atoms with Crippen LogP contribution < -0.4 is 10.7 Å². The zero-order valence-corrected chi connectivity index (χ0v) is 19.3. The van der Waals surface area contributed by atoms with Crippen molar-refractivity contribution in [2.45, 2.75) is 95.9 Å². The SMILES string of the molecule is C/C(=N\NC1=NCCN1)[C@@]1(O)CC[C@]2(O)[C@@H]3CC[C@@H]4C[C@@H](O)CC[C@]4(C)[C@H]3CC[C@]12C. The summed E-state index contributed by atoms with van der Waals surface area (Å²) < 4.78 is 0. The van der Waals surface area contributed by atoms with Crippen LogP contribution in [0.5, 0.6) is 0 Å². The van der Waals surface area contributed by atoms with Gasteiger partial charge in [-0.25, -0.2) is 10.4 Å². The minimum atomic E-state index is -1.13. The van der Waals surface area contributed by atoms with Crippen molar-refractivity contribution in [1.29, 1.82) is 0 Å². The van der Waals surface area contributed by atoms with Crippen molar-refractivity contribution in [3.63, 3.8) is 0 Å². The van der Waals surface area contributed by atoms with Crippen molar-refractivity contribution in [1.82, 2.24) is 10.7 Å². The summed E-state index contributed by atoms with van der Waals surface area (Å²) in [6.07, 6.45) is 7.75. The third kappa shape index (κ3) is 2.88. The Labute approximate surface area is 185 Å². The van der Waals surface area contributed by atoms with Crippen LogP contribution in [0.15, 0.2) is 10.1 Å². The van der Waals surface area contributed by atoms with Gasteiger partial charge in [0, 0.05) is 12.0 Å². The molecule has 0 saturated heterocycles. The molecular weight excluding hydrogens is 392 g/mol. The molecule has 5 N–H and O–H groups in total. The van der Waals surface area contributed by atoms with Crippen LogP contribution in [0.25, 0.3) is 0 Å². The van der Waals surface area contributed by atoms with Crippen molar-refractivity contribution < 1.29 is 15.3 Å². The van der Waals surface area contributed by atoms with E-state index in [0.29, 0.717) is 36.3 Å². The Hall–Kier alpha value is -1.18. The molecule has 0 aromatic heterocycles. The lowest BCUT2D eigenvalue weighted by Crippen LogP contribution is -2.66. The predicted octanol–water partition coefficient (Wildman–Crippen LogP) is 2.16. The van der Waals surface area contributed by atoms with Gasteiger partial charge in [0.05, 0.1) is 24.0 Å². The maximum atomic E-state index is 12.3. The predicted molar refractivity (Wildman–Crippen MR) is 121 cm³/mol. The molecule has 8 atom stereocenters. The Bertz CT molecular complexity index is 802. The van der Waals surface area contributed by atoms with Crippen molar-refractivity contribution in [3.05, 3.63) is 0 Å². The molecule has 4 saturated carbocycles. The van der Waals surface area contributed by atoms with Crippen molar-refractivity contribution in [2.75, 3.05) is 13.1 Å². The summed E-state index contributed by atoms with van der Waals surface area (Å²) in [7, 11) is 0. The summed E-state index contributed by atoms with van der Waals surface area (Å²) in [6.45, 7) is 7.93. The van der Waals surface area contributed by atoms with Gasteiger partial charge in [-0.1, -0.05) is 13.8 Å². The van der Waals surface area contributed by atoms with Crippen molar-refractivity contribution in [2.24, 2.45) is 38.7 Å². The highest BCUT2D eigenvalue weighted by Gasteiger charge is 2.72. The molecule has 0 unspecified atom stereocenters. The highest BCUT2D eigenvalue weighted by Crippen LogP contribution is 2.69. The molecule has 0 amide bonds. The molecule has 0 bridgehead atoms. The Kier molecular flexibility index (Phi) is 5.00. The first-order valence-corrected chi connectivity index (χ1v) is 12.4. The molecule has 1 aliphatic heterocycles. The molecule has 5 aliphatic rings. The molecule has 7 heteroatoms. The van der Waals surface area contributed by atoms with Gasteiger partial charge in [0.1, 0.15) is 5.60 Å². The lowest BCUT2D eigenvalue weighted by Gasteiger charge is -2.64. The van der Waals surface area contributed by atoms with E-state index < -0.39 is 16.6 Å². The smallest absolute Gasteiger partial charge is 0.212 e. The van der Waals surface area contributed by atoms with Gasteiger partial charge < -0.3 is 20.6 Å². The second-order valence-electron chi connectivity index (χ2n) is 11.5. The van der Waals surface area contributed by atoms with Gasteiger partial charge >= 0.3 is 0 Å². The fraction of sp³-hybridized carbons (Fsp3) is 0.917. The number of nitrogens with zero attached hydrogens (tertiary/aromatic N) is 2. The van der Waals surface area contributed by atoms with Crippen LogP contribution in [0, 0.1) is 28.6 Å². The average Bonchev–Trinajstić information content (AvgIpc) is 3.33. The highest BCUT2D eigenvalue weighted by molar-refractivity contribution is 5.93. The van der Waals surface area contributed by atoms with E-state index in [-0.39, 0.29) is 17.4 Å². The Morgan fingerprint density at radius 2 is 1.87 bits per heavy atom. The van der Waals surface area contributed by atoms with Crippen molar-refractivity contribution in [3.8, 4) is 0 Å². The number of rotatable bonds is 2.